The van der Waals surface area contributed by atoms with Gasteiger partial charge in [-0.15, -0.1) is 0 Å². The van der Waals surface area contributed by atoms with Gasteiger partial charge in [0.1, 0.15) is 5.82 Å². The fourth-order valence-corrected chi connectivity index (χ4v) is 3.25. The smallest absolute Gasteiger partial charge is 0.236 e. The van der Waals surface area contributed by atoms with E-state index in [1.807, 2.05) is 24.1 Å². The molecular formula is C16H24N4O2. The first-order chi connectivity index (χ1) is 10.7. The number of amides is 1. The molecule has 0 N–H and O–H groups in total. The average Bonchev–Trinajstić information content (AvgIpc) is 2.56. The van der Waals surface area contributed by atoms with Gasteiger partial charge in [-0.3, -0.25) is 9.69 Å². The Bertz CT molecular complexity index is 517. The van der Waals surface area contributed by atoms with E-state index in [-0.39, 0.29) is 5.91 Å². The van der Waals surface area contributed by atoms with Gasteiger partial charge in [-0.05, 0) is 32.4 Å². The van der Waals surface area contributed by atoms with Gasteiger partial charge in [-0.2, -0.15) is 0 Å². The number of hydrogen-bond donors (Lipinski definition) is 0. The van der Waals surface area contributed by atoms with Crippen molar-refractivity contribution in [2.45, 2.75) is 25.7 Å². The van der Waals surface area contributed by atoms with Gasteiger partial charge in [0.25, 0.3) is 0 Å². The molecule has 3 rings (SSSR count). The number of aromatic nitrogens is 2. The maximum Gasteiger partial charge on any atom is 0.236 e. The molecule has 22 heavy (non-hydrogen) atoms. The van der Waals surface area contributed by atoms with Gasteiger partial charge >= 0.3 is 0 Å². The molecule has 0 saturated carbocycles. The molecule has 1 amide bonds. The van der Waals surface area contributed by atoms with Crippen LogP contribution in [0.4, 0.5) is 0 Å². The Morgan fingerprint density at radius 2 is 2.18 bits per heavy atom. The number of piperidine rings is 1. The Kier molecular flexibility index (Phi) is 5.00. The van der Waals surface area contributed by atoms with Crippen LogP contribution >= 0.6 is 0 Å². The standard InChI is InChI=1S/C16H24N4O2/c1-13-17-5-4-15(18-13)14-3-2-6-19(11-14)12-16(21)20-7-9-22-10-8-20/h4-5,14H,2-3,6-12H2,1H3/t14-/m0/s1. The highest BCUT2D eigenvalue weighted by Crippen LogP contribution is 2.25. The number of ether oxygens (including phenoxy) is 1. The fourth-order valence-electron chi connectivity index (χ4n) is 3.25. The molecule has 3 heterocycles. The lowest BCUT2D eigenvalue weighted by atomic mass is 9.94. The molecule has 0 bridgehead atoms. The first-order valence-corrected chi connectivity index (χ1v) is 8.10. The number of aryl methyl sites for hydroxylation is 1. The molecule has 2 saturated heterocycles. The summed E-state index contributed by atoms with van der Waals surface area (Å²) in [5, 5.41) is 0. The molecule has 0 radical (unpaired) electrons. The molecule has 0 aromatic carbocycles. The van der Waals surface area contributed by atoms with Crippen LogP contribution in [0.2, 0.25) is 0 Å². The van der Waals surface area contributed by atoms with Crippen molar-refractivity contribution >= 4 is 5.91 Å². The number of nitrogens with zero attached hydrogens (tertiary/aromatic N) is 4. The molecule has 6 nitrogen and oxygen atoms in total. The monoisotopic (exact) mass is 304 g/mol. The van der Waals surface area contributed by atoms with Gasteiger partial charge in [0.15, 0.2) is 0 Å². The maximum atomic E-state index is 12.4. The highest BCUT2D eigenvalue weighted by Gasteiger charge is 2.26. The second-order valence-corrected chi connectivity index (χ2v) is 6.10. The molecule has 2 fully saturated rings. The van der Waals surface area contributed by atoms with Crippen molar-refractivity contribution in [1.82, 2.24) is 19.8 Å². The molecule has 1 aromatic rings. The lowest BCUT2D eigenvalue weighted by Crippen LogP contribution is -2.47. The number of hydrogen-bond acceptors (Lipinski definition) is 5. The summed E-state index contributed by atoms with van der Waals surface area (Å²) in [6.07, 6.45) is 4.08. The molecular weight excluding hydrogens is 280 g/mol. The average molecular weight is 304 g/mol. The summed E-state index contributed by atoms with van der Waals surface area (Å²) in [5.74, 6) is 1.45. The predicted molar refractivity (Wildman–Crippen MR) is 82.6 cm³/mol. The van der Waals surface area contributed by atoms with E-state index in [9.17, 15) is 4.79 Å². The van der Waals surface area contributed by atoms with E-state index in [1.165, 1.54) is 0 Å². The zero-order valence-corrected chi connectivity index (χ0v) is 13.2. The first-order valence-electron chi connectivity index (χ1n) is 8.10. The summed E-state index contributed by atoms with van der Waals surface area (Å²) in [6.45, 7) is 7.11. The largest absolute Gasteiger partial charge is 0.378 e. The lowest BCUT2D eigenvalue weighted by Gasteiger charge is -2.34. The van der Waals surface area contributed by atoms with Gasteiger partial charge in [0.05, 0.1) is 19.8 Å². The Morgan fingerprint density at radius 3 is 2.95 bits per heavy atom. The number of carbonyl (C=O) groups excluding carboxylic acids is 1. The zero-order valence-electron chi connectivity index (χ0n) is 13.2. The summed E-state index contributed by atoms with van der Waals surface area (Å²) in [5.41, 5.74) is 1.11. The van der Waals surface area contributed by atoms with Crippen LogP contribution in [0.5, 0.6) is 0 Å². The van der Waals surface area contributed by atoms with Gasteiger partial charge in [0, 0.05) is 37.4 Å². The van der Waals surface area contributed by atoms with Gasteiger partial charge in [-0.25, -0.2) is 9.97 Å². The van der Waals surface area contributed by atoms with Crippen LogP contribution in [0.3, 0.4) is 0 Å². The van der Waals surface area contributed by atoms with Crippen molar-refractivity contribution in [2.24, 2.45) is 0 Å². The molecule has 0 spiro atoms. The summed E-state index contributed by atoms with van der Waals surface area (Å²) >= 11 is 0. The maximum absolute atomic E-state index is 12.4. The highest BCUT2D eigenvalue weighted by atomic mass is 16.5. The summed E-state index contributed by atoms with van der Waals surface area (Å²) in [6, 6.07) is 2.00. The van der Waals surface area contributed by atoms with E-state index in [0.717, 1.165) is 50.5 Å². The minimum absolute atomic E-state index is 0.225. The van der Waals surface area contributed by atoms with Gasteiger partial charge in [0.2, 0.25) is 5.91 Å². The fraction of sp³-hybridized carbons (Fsp3) is 0.688. The molecule has 0 aliphatic carbocycles. The van der Waals surface area contributed by atoms with E-state index in [1.54, 1.807) is 0 Å². The third-order valence-electron chi connectivity index (χ3n) is 4.44. The number of carbonyl (C=O) groups is 1. The third kappa shape index (κ3) is 3.81. The molecule has 0 unspecified atom stereocenters. The topological polar surface area (TPSA) is 58.6 Å². The van der Waals surface area contributed by atoms with Crippen LogP contribution in [0.25, 0.3) is 0 Å². The van der Waals surface area contributed by atoms with Crippen molar-refractivity contribution in [3.8, 4) is 0 Å². The SMILES string of the molecule is Cc1nccc([C@H]2CCCN(CC(=O)N3CCOCC3)C2)n1. The van der Waals surface area contributed by atoms with Crippen molar-refractivity contribution < 1.29 is 9.53 Å². The van der Waals surface area contributed by atoms with Crippen molar-refractivity contribution in [3.63, 3.8) is 0 Å². The van der Waals surface area contributed by atoms with Crippen LogP contribution < -0.4 is 0 Å². The van der Waals surface area contributed by atoms with Gasteiger partial charge < -0.3 is 9.64 Å². The van der Waals surface area contributed by atoms with Crippen molar-refractivity contribution in [2.75, 3.05) is 45.9 Å². The minimum Gasteiger partial charge on any atom is -0.378 e. The third-order valence-corrected chi connectivity index (χ3v) is 4.44. The van der Waals surface area contributed by atoms with E-state index < -0.39 is 0 Å². The highest BCUT2D eigenvalue weighted by molar-refractivity contribution is 5.78. The summed E-state index contributed by atoms with van der Waals surface area (Å²) in [7, 11) is 0. The van der Waals surface area contributed by atoms with Crippen molar-refractivity contribution in [1.29, 1.82) is 0 Å². The van der Waals surface area contributed by atoms with Crippen LogP contribution in [-0.2, 0) is 9.53 Å². The first kappa shape index (κ1) is 15.4. The number of likely N-dealkylation sites (tertiary alicyclic amines) is 1. The Hall–Kier alpha value is -1.53. The van der Waals surface area contributed by atoms with Crippen LogP contribution in [-0.4, -0.2) is 71.6 Å². The molecule has 6 heteroatoms. The molecule has 1 atom stereocenters. The summed E-state index contributed by atoms with van der Waals surface area (Å²) in [4.78, 5) is 25.3. The Morgan fingerprint density at radius 1 is 1.36 bits per heavy atom. The predicted octanol–water partition coefficient (Wildman–Crippen LogP) is 0.823. The molecule has 2 aliphatic rings. The number of rotatable bonds is 3. The second-order valence-electron chi connectivity index (χ2n) is 6.10. The van der Waals surface area contributed by atoms with Gasteiger partial charge in [-0.1, -0.05) is 0 Å². The zero-order chi connectivity index (χ0) is 15.4. The summed E-state index contributed by atoms with van der Waals surface area (Å²) < 4.78 is 5.30. The number of morpholine rings is 1. The van der Waals surface area contributed by atoms with Crippen LogP contribution in [0.1, 0.15) is 30.3 Å². The van der Waals surface area contributed by atoms with Crippen LogP contribution in [0, 0.1) is 6.92 Å². The quantitative estimate of drug-likeness (QED) is 0.827. The van der Waals surface area contributed by atoms with E-state index in [4.69, 9.17) is 4.74 Å². The minimum atomic E-state index is 0.225. The lowest BCUT2D eigenvalue weighted by molar-refractivity contribution is -0.136. The normalized spacial score (nSPS) is 23.5. The van der Waals surface area contributed by atoms with E-state index in [0.29, 0.717) is 25.7 Å². The molecule has 1 aromatic heterocycles. The Balaban J connectivity index is 1.57. The van der Waals surface area contributed by atoms with Crippen LogP contribution in [0.15, 0.2) is 12.3 Å². The molecule has 120 valence electrons. The second kappa shape index (κ2) is 7.15. The molecule has 2 aliphatic heterocycles. The van der Waals surface area contributed by atoms with E-state index in [2.05, 4.69) is 14.9 Å². The van der Waals surface area contributed by atoms with Crippen molar-refractivity contribution in [3.05, 3.63) is 23.8 Å². The van der Waals surface area contributed by atoms with E-state index >= 15 is 0 Å². The Labute approximate surface area is 131 Å².